The summed E-state index contributed by atoms with van der Waals surface area (Å²) in [4.78, 5) is 0. The van der Waals surface area contributed by atoms with Crippen LogP contribution in [0, 0.1) is 0 Å². The van der Waals surface area contributed by atoms with Gasteiger partial charge in [-0.15, -0.1) is 6.58 Å². The molecule has 4 rings (SSSR count). The molecule has 172 valence electrons. The largest absolute Gasteiger partial charge is 0.472 e. The zero-order valence-corrected chi connectivity index (χ0v) is 20.9. The minimum atomic E-state index is -0.568. The predicted octanol–water partition coefficient (Wildman–Crippen LogP) is 6.28. The lowest BCUT2D eigenvalue weighted by molar-refractivity contribution is 0.00578. The van der Waals surface area contributed by atoms with Crippen LogP contribution in [0.25, 0.3) is 0 Å². The molecule has 0 N–H and O–H groups in total. The van der Waals surface area contributed by atoms with Gasteiger partial charge in [0.25, 0.3) is 0 Å². The van der Waals surface area contributed by atoms with Crippen LogP contribution in [0.15, 0.2) is 73.4 Å². The number of hydrogen-bond donors (Lipinski definition) is 0. The third-order valence-corrected chi connectivity index (χ3v) is 7.64. The molecule has 0 amide bonds. The summed E-state index contributed by atoms with van der Waals surface area (Å²) in [5.41, 5.74) is -1.61. The van der Waals surface area contributed by atoms with Crippen LogP contribution in [0.3, 0.4) is 0 Å². The minimum Gasteiger partial charge on any atom is -0.403 e. The fourth-order valence-electron chi connectivity index (χ4n) is 4.01. The molecule has 32 heavy (non-hydrogen) atoms. The van der Waals surface area contributed by atoms with Crippen molar-refractivity contribution in [3.8, 4) is 0 Å². The highest BCUT2D eigenvalue weighted by Crippen LogP contribution is 2.57. The maximum absolute atomic E-state index is 6.40. The SMILES string of the molecule is C=CC1(B2OC(C)(C)C(C)(C)O2)C=CC=CC1B1OC(C)(C)C(C)(C)O1.c1ccccc1. The lowest BCUT2D eigenvalue weighted by Crippen LogP contribution is -2.43. The van der Waals surface area contributed by atoms with Crippen molar-refractivity contribution in [2.75, 3.05) is 0 Å². The average molecular weight is 436 g/mol. The fraction of sp³-hybridized carbons (Fsp3) is 0.538. The molecule has 2 unspecified atom stereocenters. The van der Waals surface area contributed by atoms with Gasteiger partial charge in [0.1, 0.15) is 0 Å². The molecule has 2 saturated heterocycles. The molecule has 0 radical (unpaired) electrons. The first-order valence-corrected chi connectivity index (χ1v) is 11.5. The maximum atomic E-state index is 6.40. The Morgan fingerprint density at radius 2 is 1.06 bits per heavy atom. The van der Waals surface area contributed by atoms with E-state index in [1.807, 2.05) is 54.6 Å². The quantitative estimate of drug-likeness (QED) is 0.413. The molecule has 1 aliphatic carbocycles. The van der Waals surface area contributed by atoms with Crippen molar-refractivity contribution < 1.29 is 18.6 Å². The Balaban J connectivity index is 0.000000416. The molecule has 3 aliphatic rings. The van der Waals surface area contributed by atoms with E-state index in [9.17, 15) is 0 Å². The molecular formula is C26H38B2O4. The number of benzene rings is 1. The molecule has 1 aromatic rings. The fourth-order valence-corrected chi connectivity index (χ4v) is 4.01. The summed E-state index contributed by atoms with van der Waals surface area (Å²) < 4.78 is 25.5. The van der Waals surface area contributed by atoms with Crippen LogP contribution in [-0.2, 0) is 18.6 Å². The first kappa shape index (κ1) is 25.0. The Morgan fingerprint density at radius 1 is 0.656 bits per heavy atom. The van der Waals surface area contributed by atoms with Gasteiger partial charge in [0.2, 0.25) is 0 Å². The molecule has 2 heterocycles. The summed E-state index contributed by atoms with van der Waals surface area (Å²) in [6.07, 6.45) is 10.2. The van der Waals surface area contributed by atoms with Gasteiger partial charge in [-0.05, 0) is 55.4 Å². The van der Waals surface area contributed by atoms with Crippen LogP contribution in [-0.4, -0.2) is 36.6 Å². The summed E-state index contributed by atoms with van der Waals surface area (Å²) >= 11 is 0. The number of rotatable bonds is 3. The molecule has 4 nitrogen and oxygen atoms in total. The molecule has 2 atom stereocenters. The van der Waals surface area contributed by atoms with Crippen molar-refractivity contribution >= 4 is 14.2 Å². The first-order chi connectivity index (χ1) is 14.8. The number of allylic oxidation sites excluding steroid dienone is 5. The van der Waals surface area contributed by atoms with Crippen molar-refractivity contribution in [2.24, 2.45) is 0 Å². The van der Waals surface area contributed by atoms with E-state index in [1.165, 1.54) is 0 Å². The zero-order valence-electron chi connectivity index (χ0n) is 20.9. The molecule has 0 saturated carbocycles. The highest BCUT2D eigenvalue weighted by molar-refractivity contribution is 6.58. The zero-order chi connectivity index (χ0) is 23.8. The standard InChI is InChI=1S/C20H32B2O4.C6H6/c1-10-20(22-25-18(6,7)19(8,9)26-22)14-12-11-13-15(20)21-23-16(2,3)17(4,5)24-21;1-2-4-6-5-3-1/h10-15H,1H2,2-9H3;1-6H. The third kappa shape index (κ3) is 4.43. The molecule has 6 heteroatoms. The van der Waals surface area contributed by atoms with Crippen molar-refractivity contribution in [1.29, 1.82) is 0 Å². The second-order valence-corrected chi connectivity index (χ2v) is 10.8. The van der Waals surface area contributed by atoms with Gasteiger partial charge in [-0.25, -0.2) is 0 Å². The van der Waals surface area contributed by atoms with Gasteiger partial charge in [0, 0.05) is 11.1 Å². The second kappa shape index (κ2) is 8.64. The third-order valence-electron chi connectivity index (χ3n) is 7.64. The van der Waals surface area contributed by atoms with E-state index in [0.717, 1.165) is 0 Å². The van der Waals surface area contributed by atoms with Crippen LogP contribution in [0.4, 0.5) is 0 Å². The molecule has 0 bridgehead atoms. The van der Waals surface area contributed by atoms with Gasteiger partial charge in [0.15, 0.2) is 0 Å². The second-order valence-electron chi connectivity index (χ2n) is 10.8. The van der Waals surface area contributed by atoms with Gasteiger partial charge in [-0.1, -0.05) is 66.8 Å². The van der Waals surface area contributed by atoms with E-state index in [1.54, 1.807) is 0 Å². The van der Waals surface area contributed by atoms with E-state index in [4.69, 9.17) is 18.6 Å². The summed E-state index contributed by atoms with van der Waals surface area (Å²) in [5, 5.41) is -0.568. The Kier molecular flexibility index (Phi) is 6.76. The highest BCUT2D eigenvalue weighted by atomic mass is 16.7. The van der Waals surface area contributed by atoms with Gasteiger partial charge in [-0.2, -0.15) is 0 Å². The molecule has 0 aromatic heterocycles. The van der Waals surface area contributed by atoms with Crippen molar-refractivity contribution in [3.05, 3.63) is 73.4 Å². The van der Waals surface area contributed by atoms with Crippen molar-refractivity contribution in [1.82, 2.24) is 0 Å². The van der Waals surface area contributed by atoms with E-state index in [0.29, 0.717) is 0 Å². The number of hydrogen-bond acceptors (Lipinski definition) is 4. The monoisotopic (exact) mass is 436 g/mol. The van der Waals surface area contributed by atoms with Gasteiger partial charge in [-0.3, -0.25) is 0 Å². The Bertz CT molecular complexity index is 801. The highest BCUT2D eigenvalue weighted by Gasteiger charge is 2.65. The first-order valence-electron chi connectivity index (χ1n) is 11.5. The predicted molar refractivity (Wildman–Crippen MR) is 134 cm³/mol. The lowest BCUT2D eigenvalue weighted by atomic mass is 9.42. The summed E-state index contributed by atoms with van der Waals surface area (Å²) in [7, 11) is -0.867. The molecule has 2 aliphatic heterocycles. The Morgan fingerprint density at radius 3 is 1.47 bits per heavy atom. The molecule has 1 aromatic carbocycles. The lowest BCUT2D eigenvalue weighted by Gasteiger charge is -2.38. The molecule has 0 spiro atoms. The Labute approximate surface area is 195 Å². The Hall–Kier alpha value is -1.59. The van der Waals surface area contributed by atoms with E-state index in [-0.39, 0.29) is 5.82 Å². The maximum Gasteiger partial charge on any atom is 0.472 e. The van der Waals surface area contributed by atoms with Gasteiger partial charge < -0.3 is 18.6 Å². The van der Waals surface area contributed by atoms with E-state index >= 15 is 0 Å². The average Bonchev–Trinajstić information content (AvgIpc) is 3.09. The van der Waals surface area contributed by atoms with Crippen molar-refractivity contribution in [3.63, 3.8) is 0 Å². The van der Waals surface area contributed by atoms with Gasteiger partial charge >= 0.3 is 14.2 Å². The topological polar surface area (TPSA) is 36.9 Å². The van der Waals surface area contributed by atoms with Crippen LogP contribution >= 0.6 is 0 Å². The van der Waals surface area contributed by atoms with Crippen LogP contribution in [0.2, 0.25) is 11.1 Å². The molecule has 2 fully saturated rings. The van der Waals surface area contributed by atoms with E-state index < -0.39 is 42.0 Å². The van der Waals surface area contributed by atoms with Crippen molar-refractivity contribution in [2.45, 2.75) is 88.9 Å². The normalized spacial score (nSPS) is 31.2. The van der Waals surface area contributed by atoms with Crippen LogP contribution in [0.5, 0.6) is 0 Å². The summed E-state index contributed by atoms with van der Waals surface area (Å²) in [5.74, 6) is -0.0965. The molecular weight excluding hydrogens is 398 g/mol. The van der Waals surface area contributed by atoms with Crippen LogP contribution < -0.4 is 0 Å². The van der Waals surface area contributed by atoms with Gasteiger partial charge in [0.05, 0.1) is 22.4 Å². The van der Waals surface area contributed by atoms with Crippen LogP contribution in [0.1, 0.15) is 55.4 Å². The summed E-state index contributed by atoms with van der Waals surface area (Å²) in [6, 6.07) is 12.0. The summed E-state index contributed by atoms with van der Waals surface area (Å²) in [6.45, 7) is 20.7. The smallest absolute Gasteiger partial charge is 0.403 e. The van der Waals surface area contributed by atoms with E-state index in [2.05, 4.69) is 74.1 Å². The minimum absolute atomic E-state index is 0.0965.